The van der Waals surface area contributed by atoms with Gasteiger partial charge in [0.25, 0.3) is 0 Å². The Labute approximate surface area is 168 Å². The van der Waals surface area contributed by atoms with Crippen molar-refractivity contribution in [3.05, 3.63) is 60.2 Å². The third-order valence-corrected chi connectivity index (χ3v) is 4.73. The molecule has 5 nitrogen and oxygen atoms in total. The number of carbonyl (C=O) groups excluding carboxylic acids is 1. The van der Waals surface area contributed by atoms with Crippen molar-refractivity contribution in [3.8, 4) is 5.75 Å². The molecule has 1 aliphatic rings. The van der Waals surface area contributed by atoms with E-state index < -0.39 is 11.7 Å². The van der Waals surface area contributed by atoms with Gasteiger partial charge in [-0.05, 0) is 30.3 Å². The van der Waals surface area contributed by atoms with Crippen molar-refractivity contribution in [2.24, 2.45) is 0 Å². The van der Waals surface area contributed by atoms with Gasteiger partial charge in [-0.15, -0.1) is 0 Å². The maximum atomic E-state index is 12.8. The first-order valence-corrected chi connectivity index (χ1v) is 9.50. The van der Waals surface area contributed by atoms with Crippen molar-refractivity contribution >= 4 is 11.6 Å². The molecule has 0 saturated carbocycles. The summed E-state index contributed by atoms with van der Waals surface area (Å²) in [4.78, 5) is 16.4. The lowest BCUT2D eigenvalue weighted by molar-refractivity contribution is -0.137. The first-order valence-electron chi connectivity index (χ1n) is 9.50. The van der Waals surface area contributed by atoms with Crippen LogP contribution in [0.1, 0.15) is 5.56 Å². The Morgan fingerprint density at radius 2 is 1.66 bits per heavy atom. The standard InChI is InChI=1S/C21H24F3N3O2/c22-21(23,24)17-5-4-6-18(15-17)25-20(28)16-27-11-9-26(10-12-27)13-14-29-19-7-2-1-3-8-19/h1-8,15H,9-14,16H2,(H,25,28). The van der Waals surface area contributed by atoms with Gasteiger partial charge in [0.15, 0.2) is 0 Å². The highest BCUT2D eigenvalue weighted by atomic mass is 19.4. The third kappa shape index (κ3) is 6.76. The molecule has 0 unspecified atom stereocenters. The summed E-state index contributed by atoms with van der Waals surface area (Å²) in [5, 5.41) is 2.55. The number of anilines is 1. The van der Waals surface area contributed by atoms with Crippen LogP contribution in [0.2, 0.25) is 0 Å². The number of ether oxygens (including phenoxy) is 1. The van der Waals surface area contributed by atoms with Crippen molar-refractivity contribution in [1.29, 1.82) is 0 Å². The molecule has 1 heterocycles. The lowest BCUT2D eigenvalue weighted by Gasteiger charge is -2.34. The maximum Gasteiger partial charge on any atom is 0.416 e. The van der Waals surface area contributed by atoms with Crippen LogP contribution in [0.15, 0.2) is 54.6 Å². The van der Waals surface area contributed by atoms with E-state index in [0.717, 1.165) is 50.6 Å². The second-order valence-corrected chi connectivity index (χ2v) is 6.91. The molecule has 0 radical (unpaired) electrons. The minimum absolute atomic E-state index is 0.154. The summed E-state index contributed by atoms with van der Waals surface area (Å²) in [6, 6.07) is 14.3. The molecule has 29 heavy (non-hydrogen) atoms. The van der Waals surface area contributed by atoms with Crippen LogP contribution in [0.5, 0.6) is 5.75 Å². The number of benzene rings is 2. The molecule has 0 spiro atoms. The number of hydrogen-bond donors (Lipinski definition) is 1. The van der Waals surface area contributed by atoms with Crippen LogP contribution in [0.3, 0.4) is 0 Å². The smallest absolute Gasteiger partial charge is 0.416 e. The van der Waals surface area contributed by atoms with Crippen LogP contribution in [0.25, 0.3) is 0 Å². The minimum Gasteiger partial charge on any atom is -0.492 e. The van der Waals surface area contributed by atoms with Crippen LogP contribution in [0, 0.1) is 0 Å². The van der Waals surface area contributed by atoms with Gasteiger partial charge >= 0.3 is 6.18 Å². The molecule has 1 N–H and O–H groups in total. The summed E-state index contributed by atoms with van der Waals surface area (Å²) in [7, 11) is 0. The third-order valence-electron chi connectivity index (χ3n) is 4.73. The fourth-order valence-corrected chi connectivity index (χ4v) is 3.16. The normalized spacial score (nSPS) is 15.8. The van der Waals surface area contributed by atoms with Gasteiger partial charge in [0.2, 0.25) is 5.91 Å². The Morgan fingerprint density at radius 3 is 2.34 bits per heavy atom. The fraction of sp³-hybridized carbons (Fsp3) is 0.381. The van der Waals surface area contributed by atoms with Crippen molar-refractivity contribution in [1.82, 2.24) is 9.80 Å². The van der Waals surface area contributed by atoms with E-state index in [1.54, 1.807) is 0 Å². The summed E-state index contributed by atoms with van der Waals surface area (Å²) in [6.07, 6.45) is -4.43. The molecule has 0 atom stereocenters. The van der Waals surface area contributed by atoms with Gasteiger partial charge in [0.1, 0.15) is 12.4 Å². The zero-order valence-electron chi connectivity index (χ0n) is 16.0. The van der Waals surface area contributed by atoms with Gasteiger partial charge in [-0.3, -0.25) is 14.6 Å². The molecule has 156 valence electrons. The van der Waals surface area contributed by atoms with E-state index >= 15 is 0 Å². The number of para-hydroxylation sites is 1. The number of nitrogens with zero attached hydrogens (tertiary/aromatic N) is 2. The fourth-order valence-electron chi connectivity index (χ4n) is 3.16. The Morgan fingerprint density at radius 1 is 0.966 bits per heavy atom. The lowest BCUT2D eigenvalue weighted by atomic mass is 10.2. The van der Waals surface area contributed by atoms with Gasteiger partial charge in [-0.2, -0.15) is 13.2 Å². The van der Waals surface area contributed by atoms with Crippen molar-refractivity contribution < 1.29 is 22.7 Å². The second kappa shape index (κ2) is 9.76. The topological polar surface area (TPSA) is 44.8 Å². The predicted octanol–water partition coefficient (Wildman–Crippen LogP) is 3.34. The SMILES string of the molecule is O=C(CN1CCN(CCOc2ccccc2)CC1)Nc1cccc(C(F)(F)F)c1. The van der Waals surface area contributed by atoms with E-state index in [1.807, 2.05) is 35.2 Å². The number of halogens is 3. The molecule has 1 aliphatic heterocycles. The molecule has 0 bridgehead atoms. The van der Waals surface area contributed by atoms with Crippen molar-refractivity contribution in [2.75, 3.05) is 51.2 Å². The molecule has 1 amide bonds. The number of piperazine rings is 1. The Bertz CT molecular complexity index is 791. The van der Waals surface area contributed by atoms with Gasteiger partial charge in [0, 0.05) is 38.4 Å². The van der Waals surface area contributed by atoms with E-state index in [0.29, 0.717) is 6.61 Å². The number of carbonyl (C=O) groups is 1. The van der Waals surface area contributed by atoms with E-state index in [9.17, 15) is 18.0 Å². The molecule has 0 aliphatic carbocycles. The monoisotopic (exact) mass is 407 g/mol. The Balaban J connectivity index is 1.37. The van der Waals surface area contributed by atoms with Crippen LogP contribution >= 0.6 is 0 Å². The molecule has 2 aromatic carbocycles. The average molecular weight is 407 g/mol. The van der Waals surface area contributed by atoms with E-state index in [4.69, 9.17) is 4.74 Å². The lowest BCUT2D eigenvalue weighted by Crippen LogP contribution is -2.49. The van der Waals surface area contributed by atoms with Gasteiger partial charge in [-0.25, -0.2) is 0 Å². The molecular weight excluding hydrogens is 383 g/mol. The maximum absolute atomic E-state index is 12.8. The summed E-state index contributed by atoms with van der Waals surface area (Å²) in [5.74, 6) is 0.530. The summed E-state index contributed by atoms with van der Waals surface area (Å²) >= 11 is 0. The van der Waals surface area contributed by atoms with E-state index in [2.05, 4.69) is 10.2 Å². The molecule has 8 heteroatoms. The number of amides is 1. The largest absolute Gasteiger partial charge is 0.492 e. The number of hydrogen-bond acceptors (Lipinski definition) is 4. The molecular formula is C21H24F3N3O2. The van der Waals surface area contributed by atoms with E-state index in [-0.39, 0.29) is 18.1 Å². The van der Waals surface area contributed by atoms with E-state index in [1.165, 1.54) is 12.1 Å². The predicted molar refractivity (Wildman–Crippen MR) is 105 cm³/mol. The van der Waals surface area contributed by atoms with Crippen molar-refractivity contribution in [2.45, 2.75) is 6.18 Å². The van der Waals surface area contributed by atoms with Crippen LogP contribution in [-0.2, 0) is 11.0 Å². The molecule has 0 aromatic heterocycles. The number of nitrogens with one attached hydrogen (secondary N) is 1. The first kappa shape index (κ1) is 21.1. The highest BCUT2D eigenvalue weighted by Crippen LogP contribution is 2.30. The average Bonchev–Trinajstić information content (AvgIpc) is 2.70. The minimum atomic E-state index is -4.43. The Hall–Kier alpha value is -2.58. The number of alkyl halides is 3. The molecule has 1 saturated heterocycles. The highest BCUT2D eigenvalue weighted by molar-refractivity contribution is 5.92. The summed E-state index contributed by atoms with van der Waals surface area (Å²) in [5.41, 5.74) is -0.622. The van der Waals surface area contributed by atoms with Gasteiger partial charge in [-0.1, -0.05) is 24.3 Å². The first-order chi connectivity index (χ1) is 13.9. The van der Waals surface area contributed by atoms with Gasteiger partial charge in [0.05, 0.1) is 12.1 Å². The van der Waals surface area contributed by atoms with Crippen LogP contribution < -0.4 is 10.1 Å². The second-order valence-electron chi connectivity index (χ2n) is 6.91. The van der Waals surface area contributed by atoms with Gasteiger partial charge < -0.3 is 10.1 Å². The quantitative estimate of drug-likeness (QED) is 0.765. The summed E-state index contributed by atoms with van der Waals surface area (Å²) in [6.45, 7) is 4.64. The highest BCUT2D eigenvalue weighted by Gasteiger charge is 2.30. The number of rotatable bonds is 7. The Kier molecular flexibility index (Phi) is 7.11. The molecule has 1 fully saturated rings. The zero-order chi connectivity index (χ0) is 20.7. The summed E-state index contributed by atoms with van der Waals surface area (Å²) < 4.78 is 44.0. The molecule has 3 rings (SSSR count). The van der Waals surface area contributed by atoms with Crippen LogP contribution in [0.4, 0.5) is 18.9 Å². The zero-order valence-corrected chi connectivity index (χ0v) is 16.0. The van der Waals surface area contributed by atoms with Crippen molar-refractivity contribution in [3.63, 3.8) is 0 Å². The van der Waals surface area contributed by atoms with Crippen LogP contribution in [-0.4, -0.2) is 61.6 Å². The molecule has 2 aromatic rings.